The van der Waals surface area contributed by atoms with Gasteiger partial charge in [-0.25, -0.2) is 9.18 Å². The van der Waals surface area contributed by atoms with Gasteiger partial charge < -0.3 is 14.5 Å². The van der Waals surface area contributed by atoms with Crippen molar-refractivity contribution < 1.29 is 13.9 Å². The van der Waals surface area contributed by atoms with Crippen molar-refractivity contribution in [1.29, 1.82) is 0 Å². The first-order valence-electron chi connectivity index (χ1n) is 7.60. The van der Waals surface area contributed by atoms with Crippen LogP contribution < -0.4 is 15.0 Å². The third-order valence-corrected chi connectivity index (χ3v) is 3.84. The first kappa shape index (κ1) is 16.0. The van der Waals surface area contributed by atoms with Crippen LogP contribution in [0.25, 0.3) is 0 Å². The number of aromatic nitrogens is 2. The fourth-order valence-electron chi connectivity index (χ4n) is 2.50. The number of nitrogens with one attached hydrogen (secondary N) is 1. The Balaban J connectivity index is 1.53. The molecule has 1 aromatic heterocycles. The summed E-state index contributed by atoms with van der Waals surface area (Å²) in [6.45, 7) is 2.53. The SMILES string of the molecule is COc1ccc(NC(=O)N2CCN(c3ccc(F)cc3)CC2)nn1. The van der Waals surface area contributed by atoms with Crippen molar-refractivity contribution in [3.63, 3.8) is 0 Å². The lowest BCUT2D eigenvalue weighted by Gasteiger charge is -2.35. The molecule has 1 aliphatic rings. The zero-order valence-corrected chi connectivity index (χ0v) is 13.3. The van der Waals surface area contributed by atoms with Crippen LogP contribution in [0, 0.1) is 5.82 Å². The molecule has 0 atom stereocenters. The summed E-state index contributed by atoms with van der Waals surface area (Å²) < 4.78 is 17.9. The molecule has 2 aromatic rings. The highest BCUT2D eigenvalue weighted by molar-refractivity contribution is 5.88. The largest absolute Gasteiger partial charge is 0.480 e. The number of urea groups is 1. The average Bonchev–Trinajstić information content (AvgIpc) is 2.63. The van der Waals surface area contributed by atoms with Crippen molar-refractivity contribution in [2.75, 3.05) is 43.5 Å². The summed E-state index contributed by atoms with van der Waals surface area (Å²) in [6, 6.07) is 9.44. The summed E-state index contributed by atoms with van der Waals surface area (Å²) in [6.07, 6.45) is 0. The normalized spacial score (nSPS) is 14.4. The van der Waals surface area contributed by atoms with Crippen molar-refractivity contribution in [3.8, 4) is 5.88 Å². The molecule has 24 heavy (non-hydrogen) atoms. The van der Waals surface area contributed by atoms with E-state index in [1.54, 1.807) is 29.2 Å². The number of methoxy groups -OCH3 is 1. The van der Waals surface area contributed by atoms with Gasteiger partial charge in [0, 0.05) is 37.9 Å². The lowest BCUT2D eigenvalue weighted by atomic mass is 10.2. The molecule has 0 saturated carbocycles. The maximum Gasteiger partial charge on any atom is 0.323 e. The summed E-state index contributed by atoms with van der Waals surface area (Å²) in [7, 11) is 1.50. The van der Waals surface area contributed by atoms with E-state index in [0.29, 0.717) is 37.9 Å². The van der Waals surface area contributed by atoms with Gasteiger partial charge in [-0.3, -0.25) is 5.32 Å². The van der Waals surface area contributed by atoms with E-state index < -0.39 is 0 Å². The fourth-order valence-corrected chi connectivity index (χ4v) is 2.50. The van der Waals surface area contributed by atoms with Crippen molar-refractivity contribution in [3.05, 3.63) is 42.2 Å². The number of carbonyl (C=O) groups excluding carboxylic acids is 1. The molecule has 2 amide bonds. The molecule has 0 aliphatic carbocycles. The zero-order valence-electron chi connectivity index (χ0n) is 13.3. The third-order valence-electron chi connectivity index (χ3n) is 3.84. The predicted molar refractivity (Wildman–Crippen MR) is 87.8 cm³/mol. The van der Waals surface area contributed by atoms with Crippen LogP contribution in [0.5, 0.6) is 5.88 Å². The number of benzene rings is 1. The van der Waals surface area contributed by atoms with Gasteiger partial charge in [0.15, 0.2) is 5.82 Å². The first-order valence-corrected chi connectivity index (χ1v) is 7.60. The minimum atomic E-state index is -0.252. The highest BCUT2D eigenvalue weighted by Crippen LogP contribution is 2.17. The number of nitrogens with zero attached hydrogens (tertiary/aromatic N) is 4. The molecule has 3 rings (SSSR count). The lowest BCUT2D eigenvalue weighted by molar-refractivity contribution is 0.208. The summed E-state index contributed by atoms with van der Waals surface area (Å²) in [4.78, 5) is 16.1. The first-order chi connectivity index (χ1) is 11.7. The highest BCUT2D eigenvalue weighted by atomic mass is 19.1. The Morgan fingerprint density at radius 2 is 1.79 bits per heavy atom. The Labute approximate surface area is 139 Å². The van der Waals surface area contributed by atoms with E-state index in [2.05, 4.69) is 20.4 Å². The van der Waals surface area contributed by atoms with E-state index in [1.807, 2.05) is 0 Å². The Morgan fingerprint density at radius 3 is 2.38 bits per heavy atom. The second-order valence-corrected chi connectivity index (χ2v) is 5.34. The minimum Gasteiger partial charge on any atom is -0.480 e. The third kappa shape index (κ3) is 3.70. The van der Waals surface area contributed by atoms with E-state index in [1.165, 1.54) is 19.2 Å². The van der Waals surface area contributed by atoms with Crippen LogP contribution in [-0.2, 0) is 0 Å². The predicted octanol–water partition coefficient (Wildman–Crippen LogP) is 1.98. The average molecular weight is 331 g/mol. The number of piperazine rings is 1. The van der Waals surface area contributed by atoms with Gasteiger partial charge >= 0.3 is 6.03 Å². The number of rotatable bonds is 3. The molecule has 0 unspecified atom stereocenters. The molecule has 126 valence electrons. The number of anilines is 2. The summed E-state index contributed by atoms with van der Waals surface area (Å²) in [5.41, 5.74) is 0.956. The molecule has 1 fully saturated rings. The van der Waals surface area contributed by atoms with Crippen LogP contribution in [0.3, 0.4) is 0 Å². The van der Waals surface area contributed by atoms with Gasteiger partial charge in [-0.1, -0.05) is 0 Å². The van der Waals surface area contributed by atoms with Gasteiger partial charge in [-0.05, 0) is 30.3 Å². The van der Waals surface area contributed by atoms with Crippen molar-refractivity contribution in [1.82, 2.24) is 15.1 Å². The summed E-state index contributed by atoms with van der Waals surface area (Å²) in [5.74, 6) is 0.514. The fraction of sp³-hybridized carbons (Fsp3) is 0.312. The Hall–Kier alpha value is -2.90. The zero-order chi connectivity index (χ0) is 16.9. The van der Waals surface area contributed by atoms with Crippen LogP contribution >= 0.6 is 0 Å². The van der Waals surface area contributed by atoms with Gasteiger partial charge in [-0.2, -0.15) is 0 Å². The Morgan fingerprint density at radius 1 is 1.08 bits per heavy atom. The standard InChI is InChI=1S/C16H18FN5O2/c1-24-15-7-6-14(19-20-15)18-16(23)22-10-8-21(9-11-22)13-4-2-12(17)3-5-13/h2-7H,8-11H2,1H3,(H,18,19,23). The number of hydrogen-bond donors (Lipinski definition) is 1. The second-order valence-electron chi connectivity index (χ2n) is 5.34. The van der Waals surface area contributed by atoms with Crippen LogP contribution in [0.15, 0.2) is 36.4 Å². The maximum atomic E-state index is 13.0. The molecule has 0 radical (unpaired) electrons. The maximum absolute atomic E-state index is 13.0. The minimum absolute atomic E-state index is 0.215. The summed E-state index contributed by atoms with van der Waals surface area (Å²) in [5, 5.41) is 10.4. The highest BCUT2D eigenvalue weighted by Gasteiger charge is 2.21. The van der Waals surface area contributed by atoms with Crippen molar-refractivity contribution >= 4 is 17.5 Å². The van der Waals surface area contributed by atoms with E-state index >= 15 is 0 Å². The van der Waals surface area contributed by atoms with Crippen molar-refractivity contribution in [2.45, 2.75) is 0 Å². The summed E-state index contributed by atoms with van der Waals surface area (Å²) >= 11 is 0. The van der Waals surface area contributed by atoms with E-state index in [-0.39, 0.29) is 11.8 Å². The monoisotopic (exact) mass is 331 g/mol. The molecule has 0 spiro atoms. The molecule has 1 aromatic carbocycles. The lowest BCUT2D eigenvalue weighted by Crippen LogP contribution is -2.50. The van der Waals surface area contributed by atoms with E-state index in [4.69, 9.17) is 4.74 Å². The molecular formula is C16H18FN5O2. The van der Waals surface area contributed by atoms with Crippen LogP contribution in [0.4, 0.5) is 20.7 Å². The Kier molecular flexibility index (Phi) is 4.74. The number of carbonyl (C=O) groups is 1. The van der Waals surface area contributed by atoms with Gasteiger partial charge in [-0.15, -0.1) is 10.2 Å². The molecule has 1 saturated heterocycles. The van der Waals surface area contributed by atoms with E-state index in [9.17, 15) is 9.18 Å². The van der Waals surface area contributed by atoms with Crippen LogP contribution in [0.2, 0.25) is 0 Å². The molecule has 8 heteroatoms. The van der Waals surface area contributed by atoms with Gasteiger partial charge in [0.05, 0.1) is 7.11 Å². The van der Waals surface area contributed by atoms with Crippen LogP contribution in [0.1, 0.15) is 0 Å². The molecule has 1 N–H and O–H groups in total. The van der Waals surface area contributed by atoms with Crippen molar-refractivity contribution in [2.24, 2.45) is 0 Å². The molecule has 2 heterocycles. The number of ether oxygens (including phenoxy) is 1. The molecule has 1 aliphatic heterocycles. The topological polar surface area (TPSA) is 70.6 Å². The van der Waals surface area contributed by atoms with Gasteiger partial charge in [0.25, 0.3) is 0 Å². The van der Waals surface area contributed by atoms with Gasteiger partial charge in [0.1, 0.15) is 5.82 Å². The van der Waals surface area contributed by atoms with Crippen LogP contribution in [-0.4, -0.2) is 54.4 Å². The van der Waals surface area contributed by atoms with E-state index in [0.717, 1.165) is 5.69 Å². The Bertz CT molecular complexity index is 685. The molecule has 0 bridgehead atoms. The molecule has 7 nitrogen and oxygen atoms in total. The molecular weight excluding hydrogens is 313 g/mol. The smallest absolute Gasteiger partial charge is 0.323 e. The quantitative estimate of drug-likeness (QED) is 0.931. The second kappa shape index (κ2) is 7.12. The van der Waals surface area contributed by atoms with Gasteiger partial charge in [0.2, 0.25) is 5.88 Å². The number of hydrogen-bond acceptors (Lipinski definition) is 5. The number of halogens is 1. The number of amides is 2.